The van der Waals surface area contributed by atoms with Gasteiger partial charge in [0.05, 0.1) is 17.5 Å². The van der Waals surface area contributed by atoms with Crippen molar-refractivity contribution in [2.24, 2.45) is 0 Å². The van der Waals surface area contributed by atoms with E-state index in [1.54, 1.807) is 6.07 Å². The number of halogens is 3. The molecule has 3 heterocycles. The minimum absolute atomic E-state index is 0.0129. The molecule has 0 radical (unpaired) electrons. The third-order valence-electron chi connectivity index (χ3n) is 4.36. The summed E-state index contributed by atoms with van der Waals surface area (Å²) in [6.45, 7) is 4.42. The zero-order valence-electron chi connectivity index (χ0n) is 15.5. The lowest BCUT2D eigenvalue weighted by Crippen LogP contribution is -2.48. The maximum atomic E-state index is 12.9. The van der Waals surface area contributed by atoms with Gasteiger partial charge in [-0.25, -0.2) is 27.7 Å². The van der Waals surface area contributed by atoms with Crippen LogP contribution in [0.2, 0.25) is 0 Å². The van der Waals surface area contributed by atoms with E-state index in [1.165, 1.54) is 4.31 Å². The van der Waals surface area contributed by atoms with E-state index in [9.17, 15) is 21.6 Å². The Bertz CT molecular complexity index is 973. The summed E-state index contributed by atoms with van der Waals surface area (Å²) in [7, 11) is -3.25. The molecule has 3 rings (SSSR count). The first-order valence-electron chi connectivity index (χ1n) is 8.58. The van der Waals surface area contributed by atoms with Crippen molar-refractivity contribution in [2.45, 2.75) is 31.9 Å². The summed E-state index contributed by atoms with van der Waals surface area (Å²) >= 11 is 0. The highest BCUT2D eigenvalue weighted by Crippen LogP contribution is 2.32. The summed E-state index contributed by atoms with van der Waals surface area (Å²) < 4.78 is 63.2. The number of rotatable bonds is 5. The van der Waals surface area contributed by atoms with E-state index >= 15 is 0 Å². The molecule has 0 bridgehead atoms. The maximum absolute atomic E-state index is 12.9. The molecule has 1 N–H and O–H groups in total. The largest absolute Gasteiger partial charge is 0.416 e. The van der Waals surface area contributed by atoms with Crippen molar-refractivity contribution in [3.05, 3.63) is 41.5 Å². The normalized spacial score (nSPS) is 16.2. The molecule has 1 saturated heterocycles. The Hall–Kier alpha value is -2.27. The third kappa shape index (κ3) is 4.58. The first kappa shape index (κ1) is 20.5. The van der Waals surface area contributed by atoms with Crippen LogP contribution in [0.15, 0.2) is 24.4 Å². The van der Waals surface area contributed by atoms with Crippen molar-refractivity contribution in [3.8, 4) is 0 Å². The van der Waals surface area contributed by atoms with Crippen LogP contribution in [-0.4, -0.2) is 47.0 Å². The summed E-state index contributed by atoms with van der Waals surface area (Å²) in [5.74, 6) is 0.745. The Morgan fingerprint density at radius 2 is 1.86 bits per heavy atom. The topological polar surface area (TPSA) is 88.1 Å². The van der Waals surface area contributed by atoms with Crippen molar-refractivity contribution in [1.82, 2.24) is 19.3 Å². The van der Waals surface area contributed by atoms with E-state index < -0.39 is 21.8 Å². The van der Waals surface area contributed by atoms with Gasteiger partial charge in [0.15, 0.2) is 0 Å². The number of sulfonamides is 1. The average Bonchev–Trinajstić information content (AvgIpc) is 2.51. The molecule has 152 valence electrons. The number of hydrogen-bond donors (Lipinski definition) is 1. The molecule has 7 nitrogen and oxygen atoms in total. The van der Waals surface area contributed by atoms with Crippen LogP contribution in [0.25, 0.3) is 0 Å². The summed E-state index contributed by atoms with van der Waals surface area (Å²) in [6, 6.07) is 3.42. The molecule has 11 heteroatoms. The number of nitrogens with one attached hydrogen (secondary N) is 1. The fraction of sp³-hybridized carbons (Fsp3) is 0.471. The van der Waals surface area contributed by atoms with Gasteiger partial charge in [0.2, 0.25) is 10.0 Å². The van der Waals surface area contributed by atoms with Crippen LogP contribution in [-0.2, 0) is 16.2 Å². The molecule has 2 aromatic heterocycles. The molecule has 0 aliphatic carbocycles. The Morgan fingerprint density at radius 1 is 1.18 bits per heavy atom. The fourth-order valence-electron chi connectivity index (χ4n) is 2.72. The maximum Gasteiger partial charge on any atom is 0.416 e. The highest BCUT2D eigenvalue weighted by molar-refractivity contribution is 7.88. The molecule has 0 amide bonds. The van der Waals surface area contributed by atoms with Crippen LogP contribution in [0.1, 0.15) is 42.8 Å². The van der Waals surface area contributed by atoms with E-state index in [0.29, 0.717) is 30.4 Å². The molecule has 1 aliphatic heterocycles. The van der Waals surface area contributed by atoms with Gasteiger partial charge in [-0.2, -0.15) is 13.2 Å². The molecule has 0 saturated carbocycles. The van der Waals surface area contributed by atoms with Gasteiger partial charge in [-0.05, 0) is 12.1 Å². The Balaban J connectivity index is 1.87. The molecule has 0 aromatic carbocycles. The average molecular weight is 415 g/mol. The van der Waals surface area contributed by atoms with Crippen LogP contribution < -0.4 is 5.32 Å². The zero-order valence-corrected chi connectivity index (χ0v) is 16.3. The summed E-state index contributed by atoms with van der Waals surface area (Å²) in [5, 5.41) is 2.80. The second-order valence-electron chi connectivity index (χ2n) is 7.02. The predicted octanol–water partition coefficient (Wildman–Crippen LogP) is 3.12. The van der Waals surface area contributed by atoms with E-state index in [1.807, 2.05) is 13.8 Å². The van der Waals surface area contributed by atoms with Crippen molar-refractivity contribution in [3.63, 3.8) is 0 Å². The quantitative estimate of drug-likeness (QED) is 0.807. The van der Waals surface area contributed by atoms with E-state index in [2.05, 4.69) is 20.3 Å². The molecular formula is C17H20F3N5O2S. The SMILES string of the molecule is CC(C)c1nc(Nc2cc(C(F)(F)F)ccn2)cc(C2CN(S(C)(=O)=O)C2)n1. The van der Waals surface area contributed by atoms with E-state index in [4.69, 9.17) is 0 Å². The molecule has 0 spiro atoms. The van der Waals surface area contributed by atoms with Crippen LogP contribution in [0.3, 0.4) is 0 Å². The van der Waals surface area contributed by atoms with Crippen LogP contribution in [0, 0.1) is 0 Å². The minimum Gasteiger partial charge on any atom is -0.325 e. The molecule has 1 fully saturated rings. The third-order valence-corrected chi connectivity index (χ3v) is 5.59. The Labute approximate surface area is 161 Å². The van der Waals surface area contributed by atoms with Gasteiger partial charge in [0.25, 0.3) is 0 Å². The van der Waals surface area contributed by atoms with Crippen molar-refractivity contribution >= 4 is 21.7 Å². The smallest absolute Gasteiger partial charge is 0.325 e. The van der Waals surface area contributed by atoms with Crippen LogP contribution >= 0.6 is 0 Å². The second-order valence-corrected chi connectivity index (χ2v) is 9.00. The monoisotopic (exact) mass is 415 g/mol. The molecule has 0 unspecified atom stereocenters. The van der Waals surface area contributed by atoms with Gasteiger partial charge in [-0.15, -0.1) is 0 Å². The molecule has 28 heavy (non-hydrogen) atoms. The first-order valence-corrected chi connectivity index (χ1v) is 10.4. The fourth-order valence-corrected chi connectivity index (χ4v) is 3.62. The number of hydrogen-bond acceptors (Lipinski definition) is 6. The Kier molecular flexibility index (Phi) is 5.32. The van der Waals surface area contributed by atoms with Crippen LogP contribution in [0.4, 0.5) is 24.8 Å². The first-order chi connectivity index (χ1) is 12.9. The van der Waals surface area contributed by atoms with Crippen molar-refractivity contribution in [2.75, 3.05) is 24.7 Å². The summed E-state index contributed by atoms with van der Waals surface area (Å²) in [6.07, 6.45) is -2.25. The van der Waals surface area contributed by atoms with Gasteiger partial charge in [0.1, 0.15) is 17.5 Å². The highest BCUT2D eigenvalue weighted by Gasteiger charge is 2.35. The van der Waals surface area contributed by atoms with Gasteiger partial charge in [-0.3, -0.25) is 0 Å². The molecular weight excluding hydrogens is 395 g/mol. The lowest BCUT2D eigenvalue weighted by Gasteiger charge is -2.37. The second kappa shape index (κ2) is 7.28. The lowest BCUT2D eigenvalue weighted by molar-refractivity contribution is -0.137. The highest BCUT2D eigenvalue weighted by atomic mass is 32.2. The summed E-state index contributed by atoms with van der Waals surface area (Å²) in [4.78, 5) is 12.8. The van der Waals surface area contributed by atoms with Gasteiger partial charge >= 0.3 is 6.18 Å². The number of aromatic nitrogens is 3. The van der Waals surface area contributed by atoms with Gasteiger partial charge in [-0.1, -0.05) is 13.8 Å². The zero-order chi connectivity index (χ0) is 20.7. The van der Waals surface area contributed by atoms with Crippen molar-refractivity contribution in [1.29, 1.82) is 0 Å². The molecule has 1 aliphatic rings. The van der Waals surface area contributed by atoms with Gasteiger partial charge in [0, 0.05) is 37.2 Å². The van der Waals surface area contributed by atoms with E-state index in [0.717, 1.165) is 24.6 Å². The Morgan fingerprint density at radius 3 is 2.43 bits per heavy atom. The van der Waals surface area contributed by atoms with E-state index in [-0.39, 0.29) is 17.7 Å². The number of pyridine rings is 1. The number of alkyl halides is 3. The standard InChI is InChI=1S/C17H20F3N5O2S/c1-10(2)16-22-13(11-8-25(9-11)28(3,26)27)7-15(24-16)23-14-6-12(4-5-21-14)17(18,19)20/h4-7,10-11H,8-9H2,1-3H3,(H,21,22,23,24). The molecule has 0 atom stereocenters. The van der Waals surface area contributed by atoms with Crippen molar-refractivity contribution < 1.29 is 21.6 Å². The molecule has 2 aromatic rings. The number of anilines is 2. The minimum atomic E-state index is -4.47. The lowest BCUT2D eigenvalue weighted by atomic mass is 9.98. The number of nitrogens with zero attached hydrogens (tertiary/aromatic N) is 4. The summed E-state index contributed by atoms with van der Waals surface area (Å²) in [5.41, 5.74) is -0.167. The van der Waals surface area contributed by atoms with Crippen LogP contribution in [0.5, 0.6) is 0 Å². The van der Waals surface area contributed by atoms with Gasteiger partial charge < -0.3 is 5.32 Å². The predicted molar refractivity (Wildman–Crippen MR) is 97.8 cm³/mol.